The van der Waals surface area contributed by atoms with Crippen LogP contribution >= 0.6 is 0 Å². The molecule has 0 aliphatic rings. The molecule has 120 valence electrons. The first-order chi connectivity index (χ1) is 12.4. The molecule has 6 nitrogen and oxygen atoms in total. The van der Waals surface area contributed by atoms with Crippen LogP contribution in [0.2, 0.25) is 0 Å². The minimum atomic E-state index is 0.614. The molecule has 0 fully saturated rings. The van der Waals surface area contributed by atoms with E-state index in [1.807, 2.05) is 48.7 Å². The second-order valence-corrected chi connectivity index (χ2v) is 5.27. The van der Waals surface area contributed by atoms with Crippen molar-refractivity contribution in [3.63, 3.8) is 0 Å². The average Bonchev–Trinajstić information content (AvgIpc) is 2.70. The molecule has 0 radical (unpaired) electrons. The van der Waals surface area contributed by atoms with Crippen molar-refractivity contribution in [2.75, 3.05) is 5.32 Å². The Morgan fingerprint density at radius 1 is 0.640 bits per heavy atom. The lowest BCUT2D eigenvalue weighted by Crippen LogP contribution is -2.00. The average molecular weight is 326 g/mol. The fraction of sp³-hybridized carbons (Fsp3) is 0. The van der Waals surface area contributed by atoms with E-state index in [0.29, 0.717) is 17.3 Å². The van der Waals surface area contributed by atoms with E-state index in [4.69, 9.17) is 0 Å². The molecule has 0 amide bonds. The van der Waals surface area contributed by atoms with E-state index in [1.165, 1.54) is 0 Å². The van der Waals surface area contributed by atoms with Gasteiger partial charge in [0.25, 0.3) is 0 Å². The SMILES string of the molecule is c1ccc(-c2nccnc2Nc2ccc(-c3cccnc3)cn2)nc1. The van der Waals surface area contributed by atoms with Crippen LogP contribution < -0.4 is 5.32 Å². The fourth-order valence-corrected chi connectivity index (χ4v) is 2.41. The molecule has 4 rings (SSSR count). The number of pyridine rings is 3. The largest absolute Gasteiger partial charge is 0.323 e. The molecule has 4 aromatic rings. The van der Waals surface area contributed by atoms with Gasteiger partial charge in [-0.1, -0.05) is 12.1 Å². The number of nitrogens with zero attached hydrogens (tertiary/aromatic N) is 5. The molecule has 1 N–H and O–H groups in total. The predicted molar refractivity (Wildman–Crippen MR) is 96.0 cm³/mol. The van der Waals surface area contributed by atoms with E-state index in [2.05, 4.69) is 30.2 Å². The molecule has 0 unspecified atom stereocenters. The third kappa shape index (κ3) is 3.32. The molecule has 6 heteroatoms. The summed E-state index contributed by atoms with van der Waals surface area (Å²) in [6.07, 6.45) is 10.4. The minimum absolute atomic E-state index is 0.614. The highest BCUT2D eigenvalue weighted by Gasteiger charge is 2.09. The highest BCUT2D eigenvalue weighted by molar-refractivity contribution is 5.72. The van der Waals surface area contributed by atoms with Crippen LogP contribution in [0.5, 0.6) is 0 Å². The monoisotopic (exact) mass is 326 g/mol. The molecule has 0 bridgehead atoms. The summed E-state index contributed by atoms with van der Waals surface area (Å²) in [6, 6.07) is 13.5. The lowest BCUT2D eigenvalue weighted by atomic mass is 10.1. The molecule has 0 saturated heterocycles. The van der Waals surface area contributed by atoms with Gasteiger partial charge in [0.15, 0.2) is 5.82 Å². The van der Waals surface area contributed by atoms with Gasteiger partial charge in [-0.15, -0.1) is 0 Å². The third-order valence-electron chi connectivity index (χ3n) is 3.61. The van der Waals surface area contributed by atoms with Crippen molar-refractivity contribution < 1.29 is 0 Å². The van der Waals surface area contributed by atoms with Gasteiger partial charge < -0.3 is 5.32 Å². The molecule has 0 atom stereocenters. The number of aromatic nitrogens is 5. The summed E-state index contributed by atoms with van der Waals surface area (Å²) in [7, 11) is 0. The Balaban J connectivity index is 1.61. The Morgan fingerprint density at radius 3 is 2.32 bits per heavy atom. The molecule has 0 aromatic carbocycles. The van der Waals surface area contributed by atoms with Crippen molar-refractivity contribution in [3.05, 3.63) is 79.6 Å². The summed E-state index contributed by atoms with van der Waals surface area (Å²) in [5, 5.41) is 3.21. The van der Waals surface area contributed by atoms with Crippen LogP contribution in [0.1, 0.15) is 0 Å². The van der Waals surface area contributed by atoms with Crippen molar-refractivity contribution in [1.29, 1.82) is 0 Å². The van der Waals surface area contributed by atoms with Gasteiger partial charge in [-0.2, -0.15) is 0 Å². The zero-order chi connectivity index (χ0) is 16.9. The summed E-state index contributed by atoms with van der Waals surface area (Å²) in [5.74, 6) is 1.30. The molecule has 4 heterocycles. The maximum absolute atomic E-state index is 4.46. The third-order valence-corrected chi connectivity index (χ3v) is 3.61. The molecular weight excluding hydrogens is 312 g/mol. The molecule has 25 heavy (non-hydrogen) atoms. The maximum Gasteiger partial charge on any atom is 0.159 e. The van der Waals surface area contributed by atoms with Crippen LogP contribution in [0.15, 0.2) is 79.6 Å². The van der Waals surface area contributed by atoms with Gasteiger partial charge in [-0.25, -0.2) is 15.0 Å². The lowest BCUT2D eigenvalue weighted by molar-refractivity contribution is 1.16. The van der Waals surface area contributed by atoms with Crippen LogP contribution in [0, 0.1) is 0 Å². The predicted octanol–water partition coefficient (Wildman–Crippen LogP) is 3.74. The van der Waals surface area contributed by atoms with E-state index in [0.717, 1.165) is 16.8 Å². The summed E-state index contributed by atoms with van der Waals surface area (Å²) >= 11 is 0. The number of nitrogens with one attached hydrogen (secondary N) is 1. The van der Waals surface area contributed by atoms with E-state index >= 15 is 0 Å². The zero-order valence-corrected chi connectivity index (χ0v) is 13.2. The molecular formula is C19H14N6. The van der Waals surface area contributed by atoms with E-state index < -0.39 is 0 Å². The first kappa shape index (κ1) is 14.9. The van der Waals surface area contributed by atoms with E-state index in [-0.39, 0.29) is 0 Å². The number of hydrogen-bond acceptors (Lipinski definition) is 6. The molecule has 0 aliphatic carbocycles. The Morgan fingerprint density at radius 2 is 1.56 bits per heavy atom. The Bertz CT molecular complexity index is 956. The summed E-state index contributed by atoms with van der Waals surface area (Å²) in [5.41, 5.74) is 3.46. The van der Waals surface area contributed by atoms with Gasteiger partial charge >= 0.3 is 0 Å². The van der Waals surface area contributed by atoms with Crippen molar-refractivity contribution in [3.8, 4) is 22.5 Å². The fourth-order valence-electron chi connectivity index (χ4n) is 2.41. The van der Waals surface area contributed by atoms with Gasteiger partial charge in [-0.05, 0) is 30.3 Å². The van der Waals surface area contributed by atoms with Gasteiger partial charge in [0.05, 0.1) is 5.69 Å². The molecule has 4 aromatic heterocycles. The highest BCUT2D eigenvalue weighted by atomic mass is 15.1. The van der Waals surface area contributed by atoms with Crippen LogP contribution in [0.4, 0.5) is 11.6 Å². The Labute approximate surface area is 144 Å². The van der Waals surface area contributed by atoms with Crippen molar-refractivity contribution in [2.45, 2.75) is 0 Å². The first-order valence-corrected chi connectivity index (χ1v) is 7.76. The highest BCUT2D eigenvalue weighted by Crippen LogP contribution is 2.25. The first-order valence-electron chi connectivity index (χ1n) is 7.76. The minimum Gasteiger partial charge on any atom is -0.323 e. The Kier molecular flexibility index (Phi) is 4.07. The number of anilines is 2. The van der Waals surface area contributed by atoms with Crippen LogP contribution in [-0.2, 0) is 0 Å². The standard InChI is InChI=1S/C19H14N6/c1-2-9-21-16(5-1)18-19(23-11-10-22-18)25-17-7-6-15(13-24-17)14-4-3-8-20-12-14/h1-13H,(H,23,24,25). The second kappa shape index (κ2) is 6.84. The normalized spacial score (nSPS) is 10.4. The van der Waals surface area contributed by atoms with Gasteiger partial charge in [0, 0.05) is 48.3 Å². The lowest BCUT2D eigenvalue weighted by Gasteiger charge is -2.09. The maximum atomic E-state index is 4.46. The van der Waals surface area contributed by atoms with Gasteiger partial charge in [-0.3, -0.25) is 9.97 Å². The zero-order valence-electron chi connectivity index (χ0n) is 13.2. The van der Waals surface area contributed by atoms with E-state index in [9.17, 15) is 0 Å². The van der Waals surface area contributed by atoms with Gasteiger partial charge in [0.1, 0.15) is 11.5 Å². The smallest absolute Gasteiger partial charge is 0.159 e. The van der Waals surface area contributed by atoms with Crippen LogP contribution in [-0.4, -0.2) is 24.9 Å². The topological polar surface area (TPSA) is 76.5 Å². The van der Waals surface area contributed by atoms with Crippen molar-refractivity contribution in [2.24, 2.45) is 0 Å². The summed E-state index contributed by atoms with van der Waals surface area (Å²) < 4.78 is 0. The quantitative estimate of drug-likeness (QED) is 0.615. The summed E-state index contributed by atoms with van der Waals surface area (Å²) in [4.78, 5) is 21.7. The van der Waals surface area contributed by atoms with Crippen molar-refractivity contribution >= 4 is 11.6 Å². The Hall–Kier alpha value is -3.67. The molecule has 0 spiro atoms. The van der Waals surface area contributed by atoms with Crippen LogP contribution in [0.25, 0.3) is 22.5 Å². The molecule has 0 aliphatic heterocycles. The van der Waals surface area contributed by atoms with Crippen molar-refractivity contribution in [1.82, 2.24) is 24.9 Å². The second-order valence-electron chi connectivity index (χ2n) is 5.27. The number of hydrogen-bond donors (Lipinski definition) is 1. The van der Waals surface area contributed by atoms with E-state index in [1.54, 1.807) is 31.0 Å². The van der Waals surface area contributed by atoms with Crippen LogP contribution in [0.3, 0.4) is 0 Å². The molecule has 0 saturated carbocycles. The summed E-state index contributed by atoms with van der Waals surface area (Å²) in [6.45, 7) is 0. The number of rotatable bonds is 4. The van der Waals surface area contributed by atoms with Gasteiger partial charge in [0.2, 0.25) is 0 Å².